The van der Waals surface area contributed by atoms with Crippen LogP contribution in [0.2, 0.25) is 0 Å². The van der Waals surface area contributed by atoms with Gasteiger partial charge in [0.25, 0.3) is 0 Å². The zero-order valence-corrected chi connectivity index (χ0v) is 14.6. The number of rotatable bonds is 4. The number of aromatic nitrogens is 1. The molecule has 2 aliphatic rings. The van der Waals surface area contributed by atoms with Gasteiger partial charge in [-0.05, 0) is 36.8 Å². The molecule has 0 atom stereocenters. The summed E-state index contributed by atoms with van der Waals surface area (Å²) in [6.07, 6.45) is -3.10. The molecular weight excluding hydrogens is 359 g/mol. The first kappa shape index (κ1) is 17.8. The average molecular weight is 377 g/mol. The van der Waals surface area contributed by atoms with Crippen molar-refractivity contribution in [2.24, 2.45) is 4.99 Å². The van der Waals surface area contributed by atoms with E-state index in [9.17, 15) is 18.3 Å². The summed E-state index contributed by atoms with van der Waals surface area (Å²) in [5.74, 6) is 1.14. The Morgan fingerprint density at radius 3 is 2.70 bits per heavy atom. The van der Waals surface area contributed by atoms with Gasteiger partial charge in [-0.3, -0.25) is 4.99 Å². The van der Waals surface area contributed by atoms with Crippen molar-refractivity contribution in [2.45, 2.75) is 25.2 Å². The van der Waals surface area contributed by atoms with E-state index in [1.165, 1.54) is 4.90 Å². The Morgan fingerprint density at radius 2 is 2.00 bits per heavy atom. The molecule has 0 radical (unpaired) electrons. The van der Waals surface area contributed by atoms with Gasteiger partial charge in [0, 0.05) is 17.3 Å². The Labute approximate surface area is 154 Å². The van der Waals surface area contributed by atoms with Crippen molar-refractivity contribution < 1.29 is 23.0 Å². The van der Waals surface area contributed by atoms with E-state index < -0.39 is 24.9 Å². The zero-order chi connectivity index (χ0) is 19.2. The molecule has 1 N–H and O–H groups in total. The third-order valence-electron chi connectivity index (χ3n) is 4.83. The summed E-state index contributed by atoms with van der Waals surface area (Å²) >= 11 is 0. The van der Waals surface area contributed by atoms with Crippen LogP contribution in [0.3, 0.4) is 0 Å². The predicted molar refractivity (Wildman–Crippen MR) is 94.4 cm³/mol. The Bertz CT molecular complexity index is 905. The van der Waals surface area contributed by atoms with Crippen LogP contribution in [-0.4, -0.2) is 47.3 Å². The summed E-state index contributed by atoms with van der Waals surface area (Å²) in [6, 6.07) is 9.28. The smallest absolute Gasteiger partial charge is 0.420 e. The number of hydrogen-bond donors (Lipinski definition) is 1. The maximum Gasteiger partial charge on any atom is 0.420 e. The van der Waals surface area contributed by atoms with Gasteiger partial charge >= 0.3 is 6.18 Å². The molecule has 0 saturated carbocycles. The highest BCUT2D eigenvalue weighted by Crippen LogP contribution is 2.39. The molecule has 2 aliphatic heterocycles. The van der Waals surface area contributed by atoms with Gasteiger partial charge in [0.2, 0.25) is 0 Å². The van der Waals surface area contributed by atoms with E-state index in [2.05, 4.69) is 9.98 Å². The lowest BCUT2D eigenvalue weighted by atomic mass is 9.93. The van der Waals surface area contributed by atoms with Crippen LogP contribution >= 0.6 is 0 Å². The van der Waals surface area contributed by atoms with Gasteiger partial charge in [0.1, 0.15) is 11.6 Å². The second-order valence-corrected chi connectivity index (χ2v) is 6.70. The fourth-order valence-corrected chi connectivity index (χ4v) is 3.33. The van der Waals surface area contributed by atoms with Crippen molar-refractivity contribution in [1.29, 1.82) is 0 Å². The van der Waals surface area contributed by atoms with Crippen molar-refractivity contribution in [3.05, 3.63) is 53.2 Å². The van der Waals surface area contributed by atoms with Gasteiger partial charge in [0.15, 0.2) is 5.60 Å². The number of hydrogen-bond acceptors (Lipinski definition) is 5. The molecule has 142 valence electrons. The summed E-state index contributed by atoms with van der Waals surface area (Å²) in [6.45, 7) is 1.97. The molecule has 0 amide bonds. The van der Waals surface area contributed by atoms with E-state index in [-0.39, 0.29) is 0 Å². The minimum absolute atomic E-state index is 0.388. The van der Waals surface area contributed by atoms with Crippen LogP contribution < -0.4 is 9.64 Å². The maximum atomic E-state index is 12.8. The van der Waals surface area contributed by atoms with Crippen LogP contribution in [0.1, 0.15) is 23.6 Å². The Morgan fingerprint density at radius 1 is 1.22 bits per heavy atom. The largest absolute Gasteiger partial charge is 0.494 e. The highest BCUT2D eigenvalue weighted by molar-refractivity contribution is 6.15. The summed E-state index contributed by atoms with van der Waals surface area (Å²) in [5.41, 5.74) is 0.890. The highest BCUT2D eigenvalue weighted by Gasteiger charge is 2.61. The maximum absolute atomic E-state index is 12.8. The Kier molecular flexibility index (Phi) is 4.10. The highest BCUT2D eigenvalue weighted by atomic mass is 19.4. The molecule has 27 heavy (non-hydrogen) atoms. The van der Waals surface area contributed by atoms with Crippen molar-refractivity contribution >= 4 is 11.5 Å². The standard InChI is InChI=1S/C19H18F3N3O2/c1-2-27-14-4-3-13-9-24-17(15(13)8-14)12-5-6-23-16(7-12)25-10-18(26,11-25)19(20,21)22/h3-8,26H,2,9-11H2,1H3. The number of fused-ring (bicyclic) bond motifs is 1. The van der Waals surface area contributed by atoms with E-state index in [4.69, 9.17) is 4.74 Å². The molecule has 0 bridgehead atoms. The topological polar surface area (TPSA) is 58.0 Å². The molecule has 8 heteroatoms. The van der Waals surface area contributed by atoms with Gasteiger partial charge in [-0.1, -0.05) is 6.07 Å². The lowest BCUT2D eigenvalue weighted by Crippen LogP contribution is -2.69. The van der Waals surface area contributed by atoms with E-state index in [1.54, 1.807) is 18.3 Å². The van der Waals surface area contributed by atoms with E-state index in [0.29, 0.717) is 19.0 Å². The number of anilines is 1. The molecule has 1 aromatic heterocycles. The number of pyridine rings is 1. The van der Waals surface area contributed by atoms with Gasteiger partial charge in [0.05, 0.1) is 32.0 Å². The van der Waals surface area contributed by atoms with Gasteiger partial charge in [-0.15, -0.1) is 0 Å². The summed E-state index contributed by atoms with van der Waals surface area (Å²) in [5, 5.41) is 9.64. The number of aliphatic imine (C=N–C) groups is 1. The summed E-state index contributed by atoms with van der Waals surface area (Å²) < 4.78 is 44.1. The molecule has 3 heterocycles. The van der Waals surface area contributed by atoms with Crippen LogP contribution in [0.4, 0.5) is 19.0 Å². The molecule has 4 rings (SSSR count). The first-order valence-corrected chi connectivity index (χ1v) is 8.62. The zero-order valence-electron chi connectivity index (χ0n) is 14.6. The van der Waals surface area contributed by atoms with E-state index in [1.807, 2.05) is 25.1 Å². The van der Waals surface area contributed by atoms with Crippen molar-refractivity contribution in [2.75, 3.05) is 24.6 Å². The predicted octanol–water partition coefficient (Wildman–Crippen LogP) is 2.94. The first-order valence-electron chi connectivity index (χ1n) is 8.62. The van der Waals surface area contributed by atoms with Gasteiger partial charge in [-0.2, -0.15) is 13.2 Å². The molecule has 1 fully saturated rings. The number of ether oxygens (including phenoxy) is 1. The Hall–Kier alpha value is -2.61. The molecule has 5 nitrogen and oxygen atoms in total. The number of alkyl halides is 3. The van der Waals surface area contributed by atoms with Crippen molar-refractivity contribution in [3.8, 4) is 5.75 Å². The third kappa shape index (κ3) is 3.03. The van der Waals surface area contributed by atoms with Crippen LogP contribution in [-0.2, 0) is 6.54 Å². The lowest BCUT2D eigenvalue weighted by molar-refractivity contribution is -0.267. The lowest BCUT2D eigenvalue weighted by Gasteiger charge is -2.47. The van der Waals surface area contributed by atoms with Crippen molar-refractivity contribution in [1.82, 2.24) is 4.98 Å². The summed E-state index contributed by atoms with van der Waals surface area (Å²) in [4.78, 5) is 10.1. The van der Waals surface area contributed by atoms with Crippen LogP contribution in [0.15, 0.2) is 41.5 Å². The van der Waals surface area contributed by atoms with Crippen LogP contribution in [0.5, 0.6) is 5.75 Å². The molecule has 2 aromatic rings. The molecule has 1 aromatic carbocycles. The van der Waals surface area contributed by atoms with E-state index >= 15 is 0 Å². The van der Waals surface area contributed by atoms with Crippen LogP contribution in [0, 0.1) is 0 Å². The van der Waals surface area contributed by atoms with Gasteiger partial charge in [-0.25, -0.2) is 4.98 Å². The quantitative estimate of drug-likeness (QED) is 0.890. The molecule has 1 saturated heterocycles. The number of halogens is 3. The van der Waals surface area contributed by atoms with Crippen molar-refractivity contribution in [3.63, 3.8) is 0 Å². The third-order valence-corrected chi connectivity index (χ3v) is 4.83. The number of nitrogens with zero attached hydrogens (tertiary/aromatic N) is 3. The first-order chi connectivity index (χ1) is 12.8. The summed E-state index contributed by atoms with van der Waals surface area (Å²) in [7, 11) is 0. The molecule has 0 unspecified atom stereocenters. The number of benzene rings is 1. The number of aliphatic hydroxyl groups is 1. The Balaban J connectivity index is 1.58. The SMILES string of the molecule is CCOc1ccc2c(c1)C(c1ccnc(N3CC(O)(C(F)(F)F)C3)c1)=NC2. The molecular formula is C19H18F3N3O2. The fraction of sp³-hybridized carbons (Fsp3) is 0.368. The monoisotopic (exact) mass is 377 g/mol. The molecule has 0 spiro atoms. The van der Waals surface area contributed by atoms with Gasteiger partial charge < -0.3 is 14.7 Å². The van der Waals surface area contributed by atoms with Crippen LogP contribution in [0.25, 0.3) is 0 Å². The van der Waals surface area contributed by atoms with E-state index in [0.717, 1.165) is 28.2 Å². The minimum Gasteiger partial charge on any atom is -0.494 e. The second kappa shape index (κ2) is 6.23. The average Bonchev–Trinajstić information content (AvgIpc) is 3.01. The number of β-amino-alcohol motifs (C(OH)–C–C–N with tert-alkyl or cyclic N) is 1. The molecule has 0 aliphatic carbocycles. The normalized spacial score (nSPS) is 18.0. The second-order valence-electron chi connectivity index (χ2n) is 6.70. The minimum atomic E-state index is -4.65. The fourth-order valence-electron chi connectivity index (χ4n) is 3.33.